The maximum absolute atomic E-state index is 14.3. The third kappa shape index (κ3) is 8.34. The molecule has 232 valence electrons. The van der Waals surface area contributed by atoms with E-state index in [0.717, 1.165) is 4.31 Å². The molecule has 3 aromatic carbocycles. The van der Waals surface area contributed by atoms with Crippen LogP contribution < -0.4 is 19.1 Å². The molecule has 9 nitrogen and oxygen atoms in total. The van der Waals surface area contributed by atoms with Gasteiger partial charge < -0.3 is 19.7 Å². The van der Waals surface area contributed by atoms with Crippen molar-refractivity contribution in [3.63, 3.8) is 0 Å². The molecular weight excluding hydrogens is 613 g/mol. The molecule has 0 aromatic heterocycles. The topological polar surface area (TPSA) is 105 Å². The van der Waals surface area contributed by atoms with E-state index in [1.165, 1.54) is 37.3 Å². The Bertz CT molecular complexity index is 1520. The van der Waals surface area contributed by atoms with Gasteiger partial charge in [0.25, 0.3) is 10.0 Å². The van der Waals surface area contributed by atoms with Gasteiger partial charge in [-0.3, -0.25) is 13.9 Å². The normalized spacial score (nSPS) is 12.3. The number of hydrogen-bond acceptors (Lipinski definition) is 6. The second kappa shape index (κ2) is 14.3. The number of anilines is 1. The van der Waals surface area contributed by atoms with E-state index < -0.39 is 40.0 Å². The molecule has 2 amide bonds. The smallest absolute Gasteiger partial charge is 0.264 e. The highest BCUT2D eigenvalue weighted by atomic mass is 35.5. The zero-order valence-electron chi connectivity index (χ0n) is 25.1. The van der Waals surface area contributed by atoms with E-state index in [1.807, 2.05) is 20.8 Å². The zero-order valence-corrected chi connectivity index (χ0v) is 27.4. The van der Waals surface area contributed by atoms with Crippen molar-refractivity contribution in [3.8, 4) is 11.5 Å². The Morgan fingerprint density at radius 1 is 0.930 bits per heavy atom. The molecule has 0 aliphatic rings. The molecule has 0 bridgehead atoms. The van der Waals surface area contributed by atoms with Crippen molar-refractivity contribution in [1.29, 1.82) is 0 Å². The summed E-state index contributed by atoms with van der Waals surface area (Å²) >= 11 is 13.0. The Balaban J connectivity index is 2.19. The molecule has 0 aliphatic carbocycles. The van der Waals surface area contributed by atoms with Gasteiger partial charge in [-0.25, -0.2) is 8.42 Å². The van der Waals surface area contributed by atoms with Crippen molar-refractivity contribution in [3.05, 3.63) is 82.3 Å². The Kier molecular flexibility index (Phi) is 11.3. The van der Waals surface area contributed by atoms with Crippen molar-refractivity contribution in [2.24, 2.45) is 0 Å². The van der Waals surface area contributed by atoms with E-state index in [0.29, 0.717) is 21.4 Å². The van der Waals surface area contributed by atoms with Crippen LogP contribution in [0.2, 0.25) is 10.0 Å². The molecule has 0 fully saturated rings. The Hall–Kier alpha value is -3.47. The van der Waals surface area contributed by atoms with Crippen LogP contribution in [0.5, 0.6) is 11.5 Å². The predicted octanol–water partition coefficient (Wildman–Crippen LogP) is 5.93. The van der Waals surface area contributed by atoms with E-state index in [9.17, 15) is 18.0 Å². The molecule has 3 rings (SSSR count). The second-order valence-electron chi connectivity index (χ2n) is 10.7. The van der Waals surface area contributed by atoms with Crippen LogP contribution in [0.1, 0.15) is 39.7 Å². The van der Waals surface area contributed by atoms with Gasteiger partial charge in [0.15, 0.2) is 0 Å². The number of halogens is 2. The van der Waals surface area contributed by atoms with E-state index in [1.54, 1.807) is 55.5 Å². The first-order valence-electron chi connectivity index (χ1n) is 13.6. The lowest BCUT2D eigenvalue weighted by Gasteiger charge is -2.35. The first-order valence-corrected chi connectivity index (χ1v) is 15.8. The molecule has 0 radical (unpaired) electrons. The summed E-state index contributed by atoms with van der Waals surface area (Å²) in [5.74, 6) is -0.502. The average Bonchev–Trinajstić information content (AvgIpc) is 2.96. The highest BCUT2D eigenvalue weighted by Gasteiger charge is 2.36. The number of methoxy groups -OCH3 is 2. The lowest BCUT2D eigenvalue weighted by Crippen LogP contribution is -2.55. The molecule has 1 N–H and O–H groups in total. The SMILES string of the molecule is CC[C@H](C(=O)NC(C)(C)C)N(Cc1c(Cl)cccc1Cl)C(=O)CN(c1cc(OC)ccc1OC)S(=O)(=O)c1ccccc1. The summed E-state index contributed by atoms with van der Waals surface area (Å²) in [6, 6.07) is 16.4. The van der Waals surface area contributed by atoms with Crippen LogP contribution >= 0.6 is 23.2 Å². The fraction of sp³-hybridized carbons (Fsp3) is 0.355. The monoisotopic (exact) mass is 649 g/mol. The van der Waals surface area contributed by atoms with Gasteiger partial charge in [-0.2, -0.15) is 0 Å². The Labute approximate surface area is 263 Å². The summed E-state index contributed by atoms with van der Waals surface area (Å²) < 4.78 is 40.1. The number of ether oxygens (including phenoxy) is 2. The van der Waals surface area contributed by atoms with Crippen molar-refractivity contribution < 1.29 is 27.5 Å². The van der Waals surface area contributed by atoms with Crippen LogP contribution in [-0.2, 0) is 26.2 Å². The van der Waals surface area contributed by atoms with Crippen LogP contribution in [0.15, 0.2) is 71.6 Å². The van der Waals surface area contributed by atoms with Crippen LogP contribution in [0.25, 0.3) is 0 Å². The van der Waals surface area contributed by atoms with Crippen molar-refractivity contribution in [2.75, 3.05) is 25.1 Å². The average molecular weight is 651 g/mol. The number of sulfonamides is 1. The number of hydrogen-bond donors (Lipinski definition) is 1. The van der Waals surface area contributed by atoms with Crippen molar-refractivity contribution >= 4 is 50.7 Å². The van der Waals surface area contributed by atoms with Crippen LogP contribution in [-0.4, -0.2) is 57.5 Å². The number of amides is 2. The van der Waals surface area contributed by atoms with E-state index >= 15 is 0 Å². The van der Waals surface area contributed by atoms with Crippen LogP contribution in [0, 0.1) is 0 Å². The largest absolute Gasteiger partial charge is 0.497 e. The summed E-state index contributed by atoms with van der Waals surface area (Å²) in [6.45, 7) is 6.46. The van der Waals surface area contributed by atoms with Crippen molar-refractivity contribution in [2.45, 2.75) is 57.1 Å². The minimum atomic E-state index is -4.31. The first-order chi connectivity index (χ1) is 20.2. The minimum absolute atomic E-state index is 0.0362. The molecule has 0 spiro atoms. The Morgan fingerprint density at radius 3 is 2.09 bits per heavy atom. The van der Waals surface area contributed by atoms with Gasteiger partial charge >= 0.3 is 0 Å². The summed E-state index contributed by atoms with van der Waals surface area (Å²) in [5, 5.41) is 3.54. The Morgan fingerprint density at radius 2 is 1.56 bits per heavy atom. The van der Waals surface area contributed by atoms with Crippen LogP contribution in [0.3, 0.4) is 0 Å². The zero-order chi connectivity index (χ0) is 31.9. The number of nitrogens with zero attached hydrogens (tertiary/aromatic N) is 2. The highest BCUT2D eigenvalue weighted by Crippen LogP contribution is 2.36. The molecule has 0 saturated heterocycles. The lowest BCUT2D eigenvalue weighted by molar-refractivity contribution is -0.141. The molecule has 0 aliphatic heterocycles. The van der Waals surface area contributed by atoms with Gasteiger partial charge in [0, 0.05) is 33.8 Å². The molecule has 43 heavy (non-hydrogen) atoms. The maximum Gasteiger partial charge on any atom is 0.264 e. The van der Waals surface area contributed by atoms with Gasteiger partial charge in [-0.05, 0) is 63.6 Å². The molecule has 0 unspecified atom stereocenters. The fourth-order valence-electron chi connectivity index (χ4n) is 4.45. The number of carbonyl (C=O) groups excluding carboxylic acids is 2. The van der Waals surface area contributed by atoms with Gasteiger partial charge in [-0.15, -0.1) is 0 Å². The first kappa shape index (κ1) is 34.0. The van der Waals surface area contributed by atoms with Gasteiger partial charge in [0.1, 0.15) is 24.1 Å². The molecule has 12 heteroatoms. The van der Waals surface area contributed by atoms with Crippen LogP contribution in [0.4, 0.5) is 5.69 Å². The third-order valence-corrected chi connectivity index (χ3v) is 9.02. The summed E-state index contributed by atoms with van der Waals surface area (Å²) in [6.07, 6.45) is 0.240. The van der Waals surface area contributed by atoms with E-state index in [2.05, 4.69) is 5.32 Å². The van der Waals surface area contributed by atoms with E-state index in [-0.39, 0.29) is 29.3 Å². The summed E-state index contributed by atoms with van der Waals surface area (Å²) in [5.41, 5.74) is -0.0719. The standard InChI is InChI=1S/C31H37Cl2N3O6S/c1-7-26(30(38)34-31(2,3)4)35(19-23-24(32)14-11-15-25(23)33)29(37)20-36(43(39,40)22-12-9-8-10-13-22)27-18-21(41-5)16-17-28(27)42-6/h8-18,26H,7,19-20H2,1-6H3,(H,34,38)/t26-/m1/s1. The van der Waals surface area contributed by atoms with Gasteiger partial charge in [0.05, 0.1) is 24.8 Å². The molecular formula is C31H37Cl2N3O6S. The highest BCUT2D eigenvalue weighted by molar-refractivity contribution is 7.92. The number of benzene rings is 3. The molecule has 0 saturated carbocycles. The number of rotatable bonds is 12. The molecule has 1 atom stereocenters. The second-order valence-corrected chi connectivity index (χ2v) is 13.4. The quantitative estimate of drug-likeness (QED) is 0.261. The number of nitrogens with one attached hydrogen (secondary N) is 1. The molecule has 0 heterocycles. The van der Waals surface area contributed by atoms with Gasteiger partial charge in [-0.1, -0.05) is 54.4 Å². The summed E-state index contributed by atoms with van der Waals surface area (Å²) in [4.78, 5) is 29.1. The predicted molar refractivity (Wildman–Crippen MR) is 170 cm³/mol. The van der Waals surface area contributed by atoms with E-state index in [4.69, 9.17) is 32.7 Å². The fourth-order valence-corrected chi connectivity index (χ4v) is 6.41. The maximum atomic E-state index is 14.3. The van der Waals surface area contributed by atoms with Crippen molar-refractivity contribution in [1.82, 2.24) is 10.2 Å². The molecule has 3 aromatic rings. The number of carbonyl (C=O) groups is 2. The summed E-state index contributed by atoms with van der Waals surface area (Å²) in [7, 11) is -1.47. The van der Waals surface area contributed by atoms with Gasteiger partial charge in [0.2, 0.25) is 11.8 Å². The third-order valence-electron chi connectivity index (χ3n) is 6.54. The lowest BCUT2D eigenvalue weighted by atomic mass is 10.1. The minimum Gasteiger partial charge on any atom is -0.497 e.